The molecule has 5 rings (SSSR count). The lowest BCUT2D eigenvalue weighted by Crippen LogP contribution is -2.22. The fraction of sp³-hybridized carbons (Fsp3) is 0.207. The highest BCUT2D eigenvalue weighted by atomic mass is 31.1. The Morgan fingerprint density at radius 3 is 2.00 bits per heavy atom. The van der Waals surface area contributed by atoms with Crippen LogP contribution in [0.5, 0.6) is 0 Å². The van der Waals surface area contributed by atoms with Crippen LogP contribution >= 0.6 is 7.92 Å². The normalized spacial score (nSPS) is 15.4. The Bertz CT molecular complexity index is 1130. The zero-order valence-electron chi connectivity index (χ0n) is 18.2. The molecule has 0 saturated heterocycles. The number of rotatable bonds is 5. The van der Waals surface area contributed by atoms with Gasteiger partial charge < -0.3 is 0 Å². The molecule has 31 heavy (non-hydrogen) atoms. The first kappa shape index (κ1) is 20.2. The minimum atomic E-state index is -0.660. The van der Waals surface area contributed by atoms with E-state index in [0.29, 0.717) is 11.8 Å². The predicted octanol–water partition coefficient (Wildman–Crippen LogP) is 6.19. The van der Waals surface area contributed by atoms with Crippen LogP contribution in [0.2, 0.25) is 0 Å². The number of aryl methyl sites for hydroxylation is 1. The Kier molecular flexibility index (Phi) is 5.70. The molecule has 0 aliphatic heterocycles. The van der Waals surface area contributed by atoms with Gasteiger partial charge >= 0.3 is 0 Å². The van der Waals surface area contributed by atoms with Crippen LogP contribution < -0.4 is 15.9 Å². The van der Waals surface area contributed by atoms with E-state index < -0.39 is 7.92 Å². The average Bonchev–Trinajstić information content (AvgIpc) is 3.25. The number of hydrogen-bond donors (Lipinski definition) is 0. The SMILES string of the molecule is CC(C)[C@H]1CCc2ccc(-c3ccccc3P(c3ccccc3)c3ccccc3)nc21. The van der Waals surface area contributed by atoms with E-state index in [1.807, 2.05) is 0 Å². The van der Waals surface area contributed by atoms with Crippen LogP contribution in [0.4, 0.5) is 0 Å². The Morgan fingerprint density at radius 1 is 0.742 bits per heavy atom. The lowest BCUT2D eigenvalue weighted by atomic mass is 9.93. The quantitative estimate of drug-likeness (QED) is 0.350. The summed E-state index contributed by atoms with van der Waals surface area (Å²) < 4.78 is 0. The molecule has 0 amide bonds. The Hall–Kier alpha value is -2.76. The maximum atomic E-state index is 5.27. The molecule has 0 unspecified atom stereocenters. The van der Waals surface area contributed by atoms with Crippen molar-refractivity contribution in [3.8, 4) is 11.3 Å². The molecule has 4 aromatic rings. The third-order valence-electron chi connectivity index (χ3n) is 6.34. The highest BCUT2D eigenvalue weighted by Gasteiger charge is 2.28. The summed E-state index contributed by atoms with van der Waals surface area (Å²) in [5.41, 5.74) is 5.14. The van der Waals surface area contributed by atoms with Crippen molar-refractivity contribution in [3.63, 3.8) is 0 Å². The second kappa shape index (κ2) is 8.77. The molecule has 154 valence electrons. The van der Waals surface area contributed by atoms with Crippen molar-refractivity contribution in [1.82, 2.24) is 4.98 Å². The minimum absolute atomic E-state index is 0.576. The standard InChI is InChI=1S/C29H28NP/c1-21(2)25-19-17-22-18-20-27(30-29(22)25)26-15-9-10-16-28(26)31(23-11-5-3-6-12-23)24-13-7-4-8-14-24/h3-16,18,20-21,25H,17,19H2,1-2H3/t25-/m1/s1. The summed E-state index contributed by atoms with van der Waals surface area (Å²) >= 11 is 0. The van der Waals surface area contributed by atoms with Crippen LogP contribution in [0.15, 0.2) is 97.1 Å². The van der Waals surface area contributed by atoms with Crippen LogP contribution in [0.25, 0.3) is 11.3 Å². The molecular weight excluding hydrogens is 393 g/mol. The van der Waals surface area contributed by atoms with E-state index in [1.165, 1.54) is 39.2 Å². The highest BCUT2D eigenvalue weighted by molar-refractivity contribution is 7.80. The first-order valence-corrected chi connectivity index (χ1v) is 12.6. The zero-order valence-corrected chi connectivity index (χ0v) is 19.1. The van der Waals surface area contributed by atoms with Crippen molar-refractivity contribution in [2.24, 2.45) is 5.92 Å². The third-order valence-corrected chi connectivity index (χ3v) is 8.84. The third kappa shape index (κ3) is 3.95. The lowest BCUT2D eigenvalue weighted by Gasteiger charge is -2.22. The molecule has 1 atom stereocenters. The smallest absolute Gasteiger partial charge is 0.0712 e. The largest absolute Gasteiger partial charge is 0.252 e. The summed E-state index contributed by atoms with van der Waals surface area (Å²) in [7, 11) is -0.660. The Balaban J connectivity index is 1.66. The molecule has 3 aromatic carbocycles. The van der Waals surface area contributed by atoms with Gasteiger partial charge in [0.2, 0.25) is 0 Å². The van der Waals surface area contributed by atoms with Crippen LogP contribution in [-0.2, 0) is 6.42 Å². The molecule has 0 spiro atoms. The minimum Gasteiger partial charge on any atom is -0.252 e. The summed E-state index contributed by atoms with van der Waals surface area (Å²) in [6, 6.07) is 35.3. The van der Waals surface area contributed by atoms with Gasteiger partial charge in [-0.05, 0) is 54.2 Å². The molecule has 1 aromatic heterocycles. The number of fused-ring (bicyclic) bond motifs is 1. The molecular formula is C29H28NP. The maximum Gasteiger partial charge on any atom is 0.0712 e. The number of benzene rings is 3. The van der Waals surface area contributed by atoms with Crippen LogP contribution in [0, 0.1) is 5.92 Å². The van der Waals surface area contributed by atoms with E-state index in [1.54, 1.807) is 0 Å². The van der Waals surface area contributed by atoms with E-state index >= 15 is 0 Å². The fourth-order valence-electron chi connectivity index (χ4n) is 4.75. The predicted molar refractivity (Wildman–Crippen MR) is 134 cm³/mol. The Morgan fingerprint density at radius 2 is 1.35 bits per heavy atom. The maximum absolute atomic E-state index is 5.27. The van der Waals surface area contributed by atoms with E-state index in [0.717, 1.165) is 12.1 Å². The molecule has 0 fully saturated rings. The van der Waals surface area contributed by atoms with Gasteiger partial charge in [-0.2, -0.15) is 0 Å². The summed E-state index contributed by atoms with van der Waals surface area (Å²) in [6.07, 6.45) is 2.39. The number of nitrogens with zero attached hydrogens (tertiary/aromatic N) is 1. The van der Waals surface area contributed by atoms with Crippen molar-refractivity contribution < 1.29 is 0 Å². The van der Waals surface area contributed by atoms with E-state index in [9.17, 15) is 0 Å². The van der Waals surface area contributed by atoms with E-state index in [2.05, 4.69) is 111 Å². The van der Waals surface area contributed by atoms with Gasteiger partial charge in [0, 0.05) is 17.2 Å². The van der Waals surface area contributed by atoms with Crippen molar-refractivity contribution in [3.05, 3.63) is 108 Å². The average molecular weight is 422 g/mol. The van der Waals surface area contributed by atoms with Crippen LogP contribution in [-0.4, -0.2) is 4.98 Å². The lowest BCUT2D eigenvalue weighted by molar-refractivity contribution is 0.488. The van der Waals surface area contributed by atoms with Crippen molar-refractivity contribution in [2.75, 3.05) is 0 Å². The van der Waals surface area contributed by atoms with Gasteiger partial charge in [-0.1, -0.05) is 105 Å². The van der Waals surface area contributed by atoms with E-state index in [-0.39, 0.29) is 0 Å². The van der Waals surface area contributed by atoms with Crippen molar-refractivity contribution in [1.29, 1.82) is 0 Å². The van der Waals surface area contributed by atoms with Gasteiger partial charge in [0.05, 0.1) is 5.69 Å². The van der Waals surface area contributed by atoms with Gasteiger partial charge in [-0.3, -0.25) is 4.98 Å². The molecule has 1 aliphatic carbocycles. The summed E-state index contributed by atoms with van der Waals surface area (Å²) in [5, 5.41) is 4.12. The van der Waals surface area contributed by atoms with Crippen molar-refractivity contribution >= 4 is 23.8 Å². The first-order chi connectivity index (χ1) is 15.2. The van der Waals surface area contributed by atoms with Gasteiger partial charge in [-0.15, -0.1) is 0 Å². The zero-order chi connectivity index (χ0) is 21.2. The number of aromatic nitrogens is 1. The summed E-state index contributed by atoms with van der Waals surface area (Å²) in [6.45, 7) is 4.65. The second-order valence-corrected chi connectivity index (χ2v) is 10.8. The molecule has 0 saturated carbocycles. The van der Waals surface area contributed by atoms with Gasteiger partial charge in [-0.25, -0.2) is 0 Å². The van der Waals surface area contributed by atoms with Crippen molar-refractivity contribution in [2.45, 2.75) is 32.6 Å². The van der Waals surface area contributed by atoms with E-state index in [4.69, 9.17) is 4.98 Å². The Labute approximate surface area is 187 Å². The van der Waals surface area contributed by atoms with Crippen LogP contribution in [0.1, 0.15) is 37.4 Å². The van der Waals surface area contributed by atoms with Gasteiger partial charge in [0.1, 0.15) is 0 Å². The molecule has 1 nitrogen and oxygen atoms in total. The fourth-order valence-corrected chi connectivity index (χ4v) is 7.21. The molecule has 2 heteroatoms. The summed E-state index contributed by atoms with van der Waals surface area (Å²) in [5.74, 6) is 1.21. The molecule has 0 N–H and O–H groups in total. The topological polar surface area (TPSA) is 12.9 Å². The highest BCUT2D eigenvalue weighted by Crippen LogP contribution is 2.40. The van der Waals surface area contributed by atoms with Gasteiger partial charge in [0.15, 0.2) is 0 Å². The monoisotopic (exact) mass is 421 g/mol. The van der Waals surface area contributed by atoms with Crippen LogP contribution in [0.3, 0.4) is 0 Å². The first-order valence-electron chi connectivity index (χ1n) is 11.2. The second-order valence-electron chi connectivity index (χ2n) is 8.65. The summed E-state index contributed by atoms with van der Waals surface area (Å²) in [4.78, 5) is 5.27. The van der Waals surface area contributed by atoms with Gasteiger partial charge in [0.25, 0.3) is 0 Å². The molecule has 1 heterocycles. The number of hydrogen-bond acceptors (Lipinski definition) is 1. The molecule has 0 radical (unpaired) electrons. The molecule has 0 bridgehead atoms. The number of pyridine rings is 1. The molecule has 1 aliphatic rings.